The Hall–Kier alpha value is -2.16. The molecule has 4 fully saturated rings. The van der Waals surface area contributed by atoms with E-state index in [0.717, 1.165) is 63.6 Å². The van der Waals surface area contributed by atoms with Gasteiger partial charge in [-0.3, -0.25) is 19.7 Å². The first kappa shape index (κ1) is 24.5. The molecule has 2 saturated heterocycles. The van der Waals surface area contributed by atoms with Crippen molar-refractivity contribution in [1.82, 2.24) is 10.4 Å². The van der Waals surface area contributed by atoms with E-state index in [9.17, 15) is 9.59 Å². The first-order chi connectivity index (χ1) is 17.0. The number of hydrogen-bond acceptors (Lipinski definition) is 6. The normalized spacial score (nSPS) is 25.1. The molecular formula is C27H40N4O4. The van der Waals surface area contributed by atoms with Crippen LogP contribution in [0.5, 0.6) is 0 Å². The zero-order chi connectivity index (χ0) is 24.3. The number of amides is 2. The van der Waals surface area contributed by atoms with E-state index in [0.29, 0.717) is 12.3 Å². The Morgan fingerprint density at radius 3 is 2.49 bits per heavy atom. The van der Waals surface area contributed by atoms with Crippen LogP contribution in [0.15, 0.2) is 24.3 Å². The first-order valence-corrected chi connectivity index (χ1v) is 13.4. The van der Waals surface area contributed by atoms with Crippen LogP contribution in [-0.4, -0.2) is 67.4 Å². The lowest BCUT2D eigenvalue weighted by molar-refractivity contribution is -0.130. The lowest BCUT2D eigenvalue weighted by Crippen LogP contribution is -2.43. The minimum absolute atomic E-state index is 0.0547. The summed E-state index contributed by atoms with van der Waals surface area (Å²) in [5, 5.41) is 12.3. The number of hydroxylamine groups is 1. The van der Waals surface area contributed by atoms with Gasteiger partial charge in [0, 0.05) is 44.0 Å². The van der Waals surface area contributed by atoms with E-state index >= 15 is 0 Å². The van der Waals surface area contributed by atoms with Crippen LogP contribution in [0.1, 0.15) is 57.8 Å². The Labute approximate surface area is 208 Å². The summed E-state index contributed by atoms with van der Waals surface area (Å²) in [6.07, 6.45) is 9.57. The van der Waals surface area contributed by atoms with Crippen LogP contribution < -0.4 is 15.7 Å². The highest BCUT2D eigenvalue weighted by Gasteiger charge is 2.54. The van der Waals surface area contributed by atoms with Gasteiger partial charge < -0.3 is 15.0 Å². The van der Waals surface area contributed by atoms with Gasteiger partial charge in [-0.1, -0.05) is 25.7 Å². The Morgan fingerprint density at radius 1 is 1.11 bits per heavy atom. The highest BCUT2D eigenvalue weighted by Crippen LogP contribution is 2.55. The second kappa shape index (κ2) is 10.8. The molecule has 0 aromatic heterocycles. The van der Waals surface area contributed by atoms with Gasteiger partial charge >= 0.3 is 0 Å². The van der Waals surface area contributed by atoms with E-state index in [1.165, 1.54) is 38.5 Å². The monoisotopic (exact) mass is 484 g/mol. The summed E-state index contributed by atoms with van der Waals surface area (Å²) in [5.74, 6) is 0.539. The number of anilines is 2. The molecule has 2 amide bonds. The topological polar surface area (TPSA) is 94.1 Å². The summed E-state index contributed by atoms with van der Waals surface area (Å²) in [4.78, 5) is 30.1. The van der Waals surface area contributed by atoms with E-state index < -0.39 is 0 Å². The largest absolute Gasteiger partial charge is 0.378 e. The van der Waals surface area contributed by atoms with Crippen molar-refractivity contribution in [3.05, 3.63) is 24.3 Å². The fourth-order valence-corrected chi connectivity index (χ4v) is 6.52. The molecule has 1 aromatic carbocycles. The maximum atomic E-state index is 13.4. The third kappa shape index (κ3) is 6.16. The Bertz CT molecular complexity index is 876. The van der Waals surface area contributed by atoms with E-state index in [4.69, 9.17) is 9.94 Å². The van der Waals surface area contributed by atoms with Gasteiger partial charge in [0.05, 0.1) is 19.3 Å². The number of hydrogen-bond donors (Lipinski definition) is 3. The van der Waals surface area contributed by atoms with E-state index in [1.807, 2.05) is 17.6 Å². The predicted molar refractivity (Wildman–Crippen MR) is 134 cm³/mol. The van der Waals surface area contributed by atoms with Crippen molar-refractivity contribution in [2.24, 2.45) is 17.3 Å². The minimum Gasteiger partial charge on any atom is -0.378 e. The number of likely N-dealkylation sites (tertiary alicyclic amines) is 1. The van der Waals surface area contributed by atoms with Gasteiger partial charge in [0.2, 0.25) is 11.8 Å². The average molecular weight is 485 g/mol. The van der Waals surface area contributed by atoms with Crippen molar-refractivity contribution in [2.45, 2.75) is 63.8 Å². The van der Waals surface area contributed by atoms with Gasteiger partial charge in [-0.15, -0.1) is 0 Å². The van der Waals surface area contributed by atoms with Gasteiger partial charge in [0.1, 0.15) is 0 Å². The van der Waals surface area contributed by atoms with E-state index in [1.54, 1.807) is 0 Å². The summed E-state index contributed by atoms with van der Waals surface area (Å²) in [6.45, 7) is 4.95. The molecule has 1 unspecified atom stereocenters. The van der Waals surface area contributed by atoms with Crippen molar-refractivity contribution in [3.63, 3.8) is 0 Å². The Kier molecular flexibility index (Phi) is 7.60. The van der Waals surface area contributed by atoms with Gasteiger partial charge in [-0.2, -0.15) is 0 Å². The third-order valence-electron chi connectivity index (χ3n) is 8.61. The Morgan fingerprint density at radius 2 is 1.83 bits per heavy atom. The maximum Gasteiger partial charge on any atom is 0.243 e. The summed E-state index contributed by atoms with van der Waals surface area (Å²) >= 11 is 0. The average Bonchev–Trinajstić information content (AvgIpc) is 3.25. The van der Waals surface area contributed by atoms with Crippen molar-refractivity contribution < 1.29 is 19.5 Å². The number of carbonyl (C=O) groups excluding carboxylic acids is 2. The molecule has 2 heterocycles. The smallest absolute Gasteiger partial charge is 0.243 e. The van der Waals surface area contributed by atoms with Crippen molar-refractivity contribution in [1.29, 1.82) is 0 Å². The second-order valence-corrected chi connectivity index (χ2v) is 11.3. The number of nitrogens with one attached hydrogen (secondary N) is 2. The number of benzene rings is 1. The van der Waals surface area contributed by atoms with Crippen LogP contribution >= 0.6 is 0 Å². The molecule has 0 radical (unpaired) electrons. The summed E-state index contributed by atoms with van der Waals surface area (Å²) in [6, 6.07) is 7.95. The van der Waals surface area contributed by atoms with Crippen LogP contribution in [-0.2, 0) is 14.3 Å². The first-order valence-electron chi connectivity index (χ1n) is 13.4. The molecule has 4 aliphatic rings. The molecule has 0 bridgehead atoms. The van der Waals surface area contributed by atoms with Gasteiger partial charge in [0.15, 0.2) is 0 Å². The molecule has 8 nitrogen and oxygen atoms in total. The fourth-order valence-electron chi connectivity index (χ4n) is 6.52. The quantitative estimate of drug-likeness (QED) is 0.367. The Balaban J connectivity index is 1.23. The molecular weight excluding hydrogens is 444 g/mol. The lowest BCUT2D eigenvalue weighted by Gasteiger charge is -2.30. The molecule has 1 spiro atoms. The number of nitrogens with zero attached hydrogens (tertiary/aromatic N) is 2. The molecule has 1 aromatic rings. The fraction of sp³-hybridized carbons (Fsp3) is 0.704. The zero-order valence-electron chi connectivity index (χ0n) is 20.7. The SMILES string of the molecule is O=C(CC(CC1CCCC1)CN1CC2(CC2)C[C@H]1C(=O)Nc1ccc(N2CCOCC2)cc1)NO. The molecule has 8 heteroatoms. The molecule has 2 aliphatic carbocycles. The van der Waals surface area contributed by atoms with Crippen LogP contribution in [0.3, 0.4) is 0 Å². The molecule has 2 atom stereocenters. The molecule has 35 heavy (non-hydrogen) atoms. The summed E-state index contributed by atoms with van der Waals surface area (Å²) in [7, 11) is 0. The highest BCUT2D eigenvalue weighted by atomic mass is 16.5. The summed E-state index contributed by atoms with van der Waals surface area (Å²) < 4.78 is 5.44. The second-order valence-electron chi connectivity index (χ2n) is 11.3. The zero-order valence-corrected chi connectivity index (χ0v) is 20.7. The van der Waals surface area contributed by atoms with Crippen molar-refractivity contribution in [2.75, 3.05) is 49.6 Å². The number of carbonyl (C=O) groups is 2. The van der Waals surface area contributed by atoms with Gasteiger partial charge in [0.25, 0.3) is 0 Å². The number of ether oxygens (including phenoxy) is 1. The number of rotatable bonds is 9. The molecule has 2 aliphatic heterocycles. The summed E-state index contributed by atoms with van der Waals surface area (Å²) in [5.41, 5.74) is 4.08. The standard InChI is InChI=1S/C27H40N4O4/c32-25(29-34)16-21(15-20-3-1-2-4-20)18-31-19-27(9-10-27)17-24(31)26(33)28-22-5-7-23(8-6-22)30-11-13-35-14-12-30/h5-8,20-21,24,34H,1-4,9-19H2,(H,28,33)(H,29,32)/t21?,24-/m0/s1. The van der Waals surface area contributed by atoms with Crippen LogP contribution in [0, 0.1) is 17.3 Å². The van der Waals surface area contributed by atoms with Gasteiger partial charge in [-0.05, 0) is 67.2 Å². The third-order valence-corrected chi connectivity index (χ3v) is 8.61. The van der Waals surface area contributed by atoms with Crippen LogP contribution in [0.25, 0.3) is 0 Å². The number of morpholine rings is 1. The van der Waals surface area contributed by atoms with E-state index in [-0.39, 0.29) is 29.2 Å². The maximum absolute atomic E-state index is 13.4. The molecule has 2 saturated carbocycles. The van der Waals surface area contributed by atoms with Gasteiger partial charge in [-0.25, -0.2) is 5.48 Å². The van der Waals surface area contributed by atoms with E-state index in [2.05, 4.69) is 27.2 Å². The molecule has 3 N–H and O–H groups in total. The highest BCUT2D eigenvalue weighted by molar-refractivity contribution is 5.95. The lowest BCUT2D eigenvalue weighted by atomic mass is 9.90. The molecule has 5 rings (SSSR count). The van der Waals surface area contributed by atoms with Crippen LogP contribution in [0.2, 0.25) is 0 Å². The van der Waals surface area contributed by atoms with Crippen LogP contribution in [0.4, 0.5) is 11.4 Å². The molecule has 192 valence electrons. The minimum atomic E-state index is -0.324. The predicted octanol–water partition coefficient (Wildman–Crippen LogP) is 3.41. The van der Waals surface area contributed by atoms with Crippen molar-refractivity contribution >= 4 is 23.2 Å². The van der Waals surface area contributed by atoms with Crippen molar-refractivity contribution in [3.8, 4) is 0 Å².